The lowest BCUT2D eigenvalue weighted by atomic mass is 9.94. The van der Waals surface area contributed by atoms with E-state index in [0.29, 0.717) is 6.61 Å². The molecule has 1 aromatic heterocycles. The highest BCUT2D eigenvalue weighted by Crippen LogP contribution is 2.41. The first-order chi connectivity index (χ1) is 13.8. The Balaban J connectivity index is 1.53. The summed E-state index contributed by atoms with van der Waals surface area (Å²) in [5.74, 6) is 0.831. The highest BCUT2D eigenvalue weighted by Gasteiger charge is 2.34. The molecule has 2 aliphatic heterocycles. The predicted octanol–water partition coefficient (Wildman–Crippen LogP) is 3.10. The van der Waals surface area contributed by atoms with Crippen LogP contribution in [-0.2, 0) is 6.42 Å². The molecule has 3 heterocycles. The first kappa shape index (κ1) is 20.0. The second kappa shape index (κ2) is 7.84. The summed E-state index contributed by atoms with van der Waals surface area (Å²) in [6.45, 7) is 7.36. The average Bonchev–Trinajstić information content (AvgIpc) is 3.07. The monoisotopic (exact) mass is 415 g/mol. The molecule has 0 bridgehead atoms. The summed E-state index contributed by atoms with van der Waals surface area (Å²) < 4.78 is 5.92. The van der Waals surface area contributed by atoms with Gasteiger partial charge in [0.05, 0.1) is 17.9 Å². The molecule has 1 aromatic carbocycles. The maximum Gasteiger partial charge on any atom is 0.263 e. The number of aromatic nitrogens is 1. The number of carbonyl (C=O) groups excluding carboxylic acids is 1. The maximum absolute atomic E-state index is 12.5. The minimum Gasteiger partial charge on any atom is -0.489 e. The summed E-state index contributed by atoms with van der Waals surface area (Å²) in [4.78, 5) is 22.4. The van der Waals surface area contributed by atoms with Gasteiger partial charge in [0.1, 0.15) is 17.2 Å². The number of amides is 1. The molecule has 0 saturated heterocycles. The van der Waals surface area contributed by atoms with Gasteiger partial charge in [0, 0.05) is 30.3 Å². The second-order valence-electron chi connectivity index (χ2n) is 8.55. The van der Waals surface area contributed by atoms with E-state index in [2.05, 4.69) is 52.7 Å². The summed E-state index contributed by atoms with van der Waals surface area (Å²) in [5.41, 5.74) is 2.70. The van der Waals surface area contributed by atoms with E-state index in [-0.39, 0.29) is 11.4 Å². The maximum atomic E-state index is 12.5. The number of hydrogen-bond donors (Lipinski definition) is 2. The highest BCUT2D eigenvalue weighted by atomic mass is 32.1. The zero-order valence-corrected chi connectivity index (χ0v) is 18.4. The number of nitrogens with zero attached hydrogens (tertiary/aromatic N) is 3. The molecular formula is C21H29N5O2S. The Morgan fingerprint density at radius 1 is 1.38 bits per heavy atom. The van der Waals surface area contributed by atoms with Crippen molar-refractivity contribution in [3.63, 3.8) is 0 Å². The lowest BCUT2D eigenvalue weighted by molar-refractivity contribution is 0.0901. The van der Waals surface area contributed by atoms with Crippen LogP contribution in [0.1, 0.15) is 35.6 Å². The third-order valence-electron chi connectivity index (χ3n) is 5.12. The van der Waals surface area contributed by atoms with E-state index in [0.717, 1.165) is 65.3 Å². The molecule has 2 aromatic rings. The Kier molecular flexibility index (Phi) is 5.40. The van der Waals surface area contributed by atoms with Gasteiger partial charge in [-0.3, -0.25) is 4.79 Å². The molecule has 0 saturated carbocycles. The summed E-state index contributed by atoms with van der Waals surface area (Å²) >= 11 is 1.46. The van der Waals surface area contributed by atoms with E-state index in [4.69, 9.17) is 9.72 Å². The molecule has 1 amide bonds. The molecule has 0 unspecified atom stereocenters. The van der Waals surface area contributed by atoms with Gasteiger partial charge in [-0.2, -0.15) is 0 Å². The number of carbonyl (C=O) groups is 1. The molecule has 2 aliphatic rings. The fourth-order valence-corrected chi connectivity index (χ4v) is 4.75. The summed E-state index contributed by atoms with van der Waals surface area (Å²) in [6, 6.07) is 6.22. The van der Waals surface area contributed by atoms with Gasteiger partial charge < -0.3 is 25.2 Å². The Bertz CT molecular complexity index is 908. The van der Waals surface area contributed by atoms with Gasteiger partial charge in [-0.1, -0.05) is 11.3 Å². The van der Waals surface area contributed by atoms with Crippen molar-refractivity contribution in [2.24, 2.45) is 0 Å². The van der Waals surface area contributed by atoms with E-state index >= 15 is 0 Å². The highest BCUT2D eigenvalue weighted by molar-refractivity contribution is 7.17. The Labute approximate surface area is 176 Å². The van der Waals surface area contributed by atoms with E-state index in [1.807, 2.05) is 13.8 Å². The van der Waals surface area contributed by atoms with Crippen LogP contribution in [-0.4, -0.2) is 61.7 Å². The van der Waals surface area contributed by atoms with Gasteiger partial charge in [0.15, 0.2) is 5.13 Å². The van der Waals surface area contributed by atoms with E-state index in [9.17, 15) is 4.79 Å². The molecule has 156 valence electrons. The van der Waals surface area contributed by atoms with Gasteiger partial charge >= 0.3 is 0 Å². The van der Waals surface area contributed by atoms with Crippen LogP contribution in [0.5, 0.6) is 5.75 Å². The molecule has 0 radical (unpaired) electrons. The van der Waals surface area contributed by atoms with Crippen molar-refractivity contribution < 1.29 is 9.53 Å². The van der Waals surface area contributed by atoms with E-state index in [1.54, 1.807) is 0 Å². The van der Waals surface area contributed by atoms with Crippen LogP contribution >= 0.6 is 11.3 Å². The molecule has 29 heavy (non-hydrogen) atoms. The molecule has 8 heteroatoms. The molecule has 0 fully saturated rings. The number of fused-ring (bicyclic) bond motifs is 2. The van der Waals surface area contributed by atoms with Crippen molar-refractivity contribution in [3.8, 4) is 5.75 Å². The van der Waals surface area contributed by atoms with Crippen LogP contribution in [0.2, 0.25) is 0 Å². The molecule has 7 nitrogen and oxygen atoms in total. The van der Waals surface area contributed by atoms with Crippen molar-refractivity contribution in [1.82, 2.24) is 15.2 Å². The number of ether oxygens (including phenoxy) is 1. The van der Waals surface area contributed by atoms with Crippen molar-refractivity contribution >= 4 is 33.8 Å². The predicted molar refractivity (Wildman–Crippen MR) is 118 cm³/mol. The molecule has 0 aliphatic carbocycles. The zero-order chi connectivity index (χ0) is 20.6. The first-order valence-corrected chi connectivity index (χ1v) is 10.9. The number of thiazole rings is 1. The summed E-state index contributed by atoms with van der Waals surface area (Å²) in [6.07, 6.45) is 1.83. The van der Waals surface area contributed by atoms with Crippen molar-refractivity contribution in [3.05, 3.63) is 28.8 Å². The average molecular weight is 416 g/mol. The normalized spacial score (nSPS) is 17.4. The first-order valence-electron chi connectivity index (χ1n) is 10.1. The van der Waals surface area contributed by atoms with E-state index < -0.39 is 0 Å². The number of nitrogens with one attached hydrogen (secondary N) is 2. The van der Waals surface area contributed by atoms with Crippen LogP contribution in [0, 0.1) is 0 Å². The summed E-state index contributed by atoms with van der Waals surface area (Å²) in [7, 11) is 4.17. The Morgan fingerprint density at radius 2 is 2.21 bits per heavy atom. The molecule has 2 N–H and O–H groups in total. The van der Waals surface area contributed by atoms with Crippen LogP contribution in [0.3, 0.4) is 0 Å². The number of rotatable bonds is 6. The fourth-order valence-electron chi connectivity index (χ4n) is 3.74. The third kappa shape index (κ3) is 4.33. The summed E-state index contributed by atoms with van der Waals surface area (Å²) in [5, 5.41) is 7.39. The van der Waals surface area contributed by atoms with Crippen LogP contribution in [0.4, 0.5) is 16.5 Å². The quantitative estimate of drug-likeness (QED) is 0.707. The van der Waals surface area contributed by atoms with Gasteiger partial charge in [-0.05, 0) is 53.0 Å². The zero-order valence-electron chi connectivity index (χ0n) is 17.5. The van der Waals surface area contributed by atoms with Crippen LogP contribution < -0.4 is 20.3 Å². The fraction of sp³-hybridized carbons (Fsp3) is 0.524. The number of anilines is 3. The van der Waals surface area contributed by atoms with Crippen LogP contribution in [0.15, 0.2) is 18.2 Å². The van der Waals surface area contributed by atoms with Crippen LogP contribution in [0.25, 0.3) is 0 Å². The molecule has 4 rings (SSSR count). The molecule has 0 spiro atoms. The van der Waals surface area contributed by atoms with Gasteiger partial charge in [0.2, 0.25) is 0 Å². The van der Waals surface area contributed by atoms with Crippen molar-refractivity contribution in [2.45, 2.75) is 32.2 Å². The topological polar surface area (TPSA) is 69.7 Å². The van der Waals surface area contributed by atoms with Crippen molar-refractivity contribution in [2.75, 3.05) is 50.6 Å². The molecular weight excluding hydrogens is 386 g/mol. The van der Waals surface area contributed by atoms with E-state index in [1.165, 1.54) is 11.3 Å². The lowest BCUT2D eigenvalue weighted by Crippen LogP contribution is -2.48. The minimum atomic E-state index is -0.258. The van der Waals surface area contributed by atoms with Gasteiger partial charge in [-0.25, -0.2) is 4.98 Å². The van der Waals surface area contributed by atoms with Gasteiger partial charge in [-0.15, -0.1) is 0 Å². The number of benzene rings is 1. The Hall–Kier alpha value is -2.32. The van der Waals surface area contributed by atoms with Gasteiger partial charge in [0.25, 0.3) is 5.91 Å². The standard InChI is InChI=1S/C21H29N5O2S/c1-21(2)13-15-18(19(27)24-21)29-20(23-15)26-10-11-28-17-12-14(6-7-16(17)26)22-8-5-9-25(3)4/h6-7,12,22H,5,8-11,13H2,1-4H3,(H,24,27). The Morgan fingerprint density at radius 3 is 3.00 bits per heavy atom. The second-order valence-corrected chi connectivity index (χ2v) is 9.53. The SMILES string of the molecule is CN(C)CCCNc1ccc2c(c1)OCCN2c1nc2c(s1)C(=O)NC(C)(C)C2. The smallest absolute Gasteiger partial charge is 0.263 e. The lowest BCUT2D eigenvalue weighted by Gasteiger charge is -2.29. The largest absolute Gasteiger partial charge is 0.489 e. The minimum absolute atomic E-state index is 0.0224. The third-order valence-corrected chi connectivity index (χ3v) is 6.24. The number of hydrogen-bond acceptors (Lipinski definition) is 7. The molecule has 0 atom stereocenters. The van der Waals surface area contributed by atoms with Crippen molar-refractivity contribution in [1.29, 1.82) is 0 Å².